The highest BCUT2D eigenvalue weighted by Crippen LogP contribution is 2.18. The van der Waals surface area contributed by atoms with Crippen molar-refractivity contribution in [1.29, 1.82) is 5.26 Å². The summed E-state index contributed by atoms with van der Waals surface area (Å²) in [6, 6.07) is 2.37. The van der Waals surface area contributed by atoms with Gasteiger partial charge in [-0.3, -0.25) is 4.79 Å². The maximum absolute atomic E-state index is 10.9. The van der Waals surface area contributed by atoms with Crippen LogP contribution in [0.25, 0.3) is 0 Å². The van der Waals surface area contributed by atoms with E-state index in [2.05, 4.69) is 16.3 Å². The number of hydrogen-bond acceptors (Lipinski definition) is 3. The van der Waals surface area contributed by atoms with Gasteiger partial charge in [-0.1, -0.05) is 0 Å². The number of nitriles is 1. The van der Waals surface area contributed by atoms with Crippen LogP contribution in [0.4, 0.5) is 0 Å². The van der Waals surface area contributed by atoms with E-state index in [4.69, 9.17) is 5.26 Å². The zero-order chi connectivity index (χ0) is 10.6. The number of piperidine rings is 1. The van der Waals surface area contributed by atoms with E-state index in [1.165, 1.54) is 6.92 Å². The van der Waals surface area contributed by atoms with Crippen LogP contribution in [-0.4, -0.2) is 37.0 Å². The summed E-state index contributed by atoms with van der Waals surface area (Å²) in [5.74, 6) is 0.283. The highest BCUT2D eigenvalue weighted by Gasteiger charge is 2.27. The largest absolute Gasteiger partial charge is 0.353 e. The highest BCUT2D eigenvalue weighted by atomic mass is 16.1. The van der Waals surface area contributed by atoms with Gasteiger partial charge < -0.3 is 10.2 Å². The monoisotopic (exact) mass is 195 g/mol. The minimum Gasteiger partial charge on any atom is -0.353 e. The predicted octanol–water partition coefficient (Wildman–Crippen LogP) is 0.356. The molecule has 0 aromatic carbocycles. The van der Waals surface area contributed by atoms with Gasteiger partial charge in [0.25, 0.3) is 0 Å². The van der Waals surface area contributed by atoms with E-state index in [1.54, 1.807) is 0 Å². The summed E-state index contributed by atoms with van der Waals surface area (Å²) in [6.07, 6.45) is 1.47. The van der Waals surface area contributed by atoms with Crippen LogP contribution in [0.1, 0.15) is 19.8 Å². The van der Waals surface area contributed by atoms with Crippen LogP contribution in [-0.2, 0) is 4.79 Å². The first-order chi connectivity index (χ1) is 6.63. The van der Waals surface area contributed by atoms with Gasteiger partial charge in [0.2, 0.25) is 5.91 Å². The topological polar surface area (TPSA) is 56.1 Å². The van der Waals surface area contributed by atoms with Gasteiger partial charge in [-0.25, -0.2) is 0 Å². The SMILES string of the molecule is CC(=O)NC1CCN(C)CC1CC#N. The van der Waals surface area contributed by atoms with Crippen LogP contribution in [0.2, 0.25) is 0 Å². The third-order valence-corrected chi connectivity index (χ3v) is 2.68. The zero-order valence-electron chi connectivity index (χ0n) is 8.79. The zero-order valence-corrected chi connectivity index (χ0v) is 8.79. The molecule has 1 fully saturated rings. The lowest BCUT2D eigenvalue weighted by Crippen LogP contribution is -2.49. The van der Waals surface area contributed by atoms with E-state index in [1.807, 2.05) is 7.05 Å². The van der Waals surface area contributed by atoms with Crippen LogP contribution in [0, 0.1) is 17.2 Å². The molecule has 2 unspecified atom stereocenters. The number of carbonyl (C=O) groups is 1. The molecule has 0 aromatic heterocycles. The molecule has 1 N–H and O–H groups in total. The van der Waals surface area contributed by atoms with Crippen molar-refractivity contribution in [1.82, 2.24) is 10.2 Å². The van der Waals surface area contributed by atoms with E-state index in [0.717, 1.165) is 19.5 Å². The van der Waals surface area contributed by atoms with Crippen molar-refractivity contribution in [2.24, 2.45) is 5.92 Å². The summed E-state index contributed by atoms with van der Waals surface area (Å²) in [6.45, 7) is 3.42. The Morgan fingerprint density at radius 2 is 2.43 bits per heavy atom. The molecule has 0 saturated carbocycles. The lowest BCUT2D eigenvalue weighted by molar-refractivity contribution is -0.120. The van der Waals surface area contributed by atoms with E-state index in [-0.39, 0.29) is 17.9 Å². The van der Waals surface area contributed by atoms with Gasteiger partial charge in [0.1, 0.15) is 0 Å². The van der Waals surface area contributed by atoms with Gasteiger partial charge in [0.05, 0.1) is 6.07 Å². The molecule has 1 aliphatic heterocycles. The number of rotatable bonds is 2. The number of nitrogens with one attached hydrogen (secondary N) is 1. The quantitative estimate of drug-likeness (QED) is 0.692. The highest BCUT2D eigenvalue weighted by molar-refractivity contribution is 5.73. The molecule has 1 saturated heterocycles. The van der Waals surface area contributed by atoms with Crippen molar-refractivity contribution in [2.75, 3.05) is 20.1 Å². The average Bonchev–Trinajstić information content (AvgIpc) is 2.09. The van der Waals surface area contributed by atoms with Gasteiger partial charge in [-0.2, -0.15) is 5.26 Å². The number of hydrogen-bond donors (Lipinski definition) is 1. The third kappa shape index (κ3) is 3.00. The standard InChI is InChI=1S/C10H17N3O/c1-8(14)12-10-4-6-13(2)7-9(10)3-5-11/h9-10H,3-4,6-7H2,1-2H3,(H,12,14). The molecular weight excluding hydrogens is 178 g/mol. The molecule has 4 heteroatoms. The lowest BCUT2D eigenvalue weighted by Gasteiger charge is -2.35. The Morgan fingerprint density at radius 3 is 3.00 bits per heavy atom. The first-order valence-electron chi connectivity index (χ1n) is 4.96. The molecule has 2 atom stereocenters. The molecule has 1 heterocycles. The summed E-state index contributed by atoms with van der Waals surface area (Å²) < 4.78 is 0. The maximum Gasteiger partial charge on any atom is 0.217 e. The van der Waals surface area contributed by atoms with Crippen molar-refractivity contribution in [3.8, 4) is 6.07 Å². The molecule has 0 aromatic rings. The van der Waals surface area contributed by atoms with Crippen LogP contribution < -0.4 is 5.32 Å². The molecule has 0 radical (unpaired) electrons. The minimum absolute atomic E-state index is 0.00231. The normalized spacial score (nSPS) is 28.1. The number of carbonyl (C=O) groups excluding carboxylic acids is 1. The van der Waals surface area contributed by atoms with Crippen LogP contribution in [0.5, 0.6) is 0 Å². The smallest absolute Gasteiger partial charge is 0.217 e. The molecule has 4 nitrogen and oxygen atoms in total. The first-order valence-corrected chi connectivity index (χ1v) is 4.96. The number of nitrogens with zero attached hydrogens (tertiary/aromatic N) is 2. The number of amides is 1. The summed E-state index contributed by atoms with van der Waals surface area (Å²) in [7, 11) is 2.05. The van der Waals surface area contributed by atoms with Crippen molar-refractivity contribution in [2.45, 2.75) is 25.8 Å². The summed E-state index contributed by atoms with van der Waals surface area (Å²) in [4.78, 5) is 13.1. The van der Waals surface area contributed by atoms with Gasteiger partial charge in [-0.15, -0.1) is 0 Å². The summed E-state index contributed by atoms with van der Waals surface area (Å²) in [5, 5.41) is 11.6. The van der Waals surface area contributed by atoms with Crippen molar-refractivity contribution in [3.63, 3.8) is 0 Å². The minimum atomic E-state index is 0.00231. The fraction of sp³-hybridized carbons (Fsp3) is 0.800. The third-order valence-electron chi connectivity index (χ3n) is 2.68. The van der Waals surface area contributed by atoms with Crippen LogP contribution in [0.15, 0.2) is 0 Å². The Balaban J connectivity index is 2.53. The van der Waals surface area contributed by atoms with Crippen molar-refractivity contribution >= 4 is 5.91 Å². The summed E-state index contributed by atoms with van der Waals surface area (Å²) >= 11 is 0. The molecule has 0 spiro atoms. The maximum atomic E-state index is 10.9. The fourth-order valence-corrected chi connectivity index (χ4v) is 1.99. The van der Waals surface area contributed by atoms with Gasteiger partial charge in [-0.05, 0) is 20.0 Å². The molecule has 78 valence electrons. The second-order valence-corrected chi connectivity index (χ2v) is 3.98. The van der Waals surface area contributed by atoms with Crippen molar-refractivity contribution < 1.29 is 4.79 Å². The van der Waals surface area contributed by atoms with Gasteiger partial charge >= 0.3 is 0 Å². The molecular formula is C10H17N3O. The molecule has 1 amide bonds. The van der Waals surface area contributed by atoms with E-state index < -0.39 is 0 Å². The van der Waals surface area contributed by atoms with E-state index >= 15 is 0 Å². The van der Waals surface area contributed by atoms with Gasteiger partial charge in [0.15, 0.2) is 0 Å². The Morgan fingerprint density at radius 1 is 1.71 bits per heavy atom. The Hall–Kier alpha value is -1.08. The van der Waals surface area contributed by atoms with Crippen LogP contribution in [0.3, 0.4) is 0 Å². The van der Waals surface area contributed by atoms with Crippen LogP contribution >= 0.6 is 0 Å². The Bertz CT molecular complexity index is 246. The number of likely N-dealkylation sites (tertiary alicyclic amines) is 1. The fourth-order valence-electron chi connectivity index (χ4n) is 1.99. The van der Waals surface area contributed by atoms with E-state index in [0.29, 0.717) is 6.42 Å². The predicted molar refractivity (Wildman–Crippen MR) is 53.4 cm³/mol. The molecule has 14 heavy (non-hydrogen) atoms. The lowest BCUT2D eigenvalue weighted by atomic mass is 9.90. The molecule has 0 aliphatic carbocycles. The molecule has 1 rings (SSSR count). The van der Waals surface area contributed by atoms with Gasteiger partial charge in [0, 0.05) is 31.8 Å². The van der Waals surface area contributed by atoms with Crippen molar-refractivity contribution in [3.05, 3.63) is 0 Å². The second-order valence-electron chi connectivity index (χ2n) is 3.98. The first kappa shape index (κ1) is 11.0. The Kier molecular flexibility index (Phi) is 3.90. The molecule has 1 aliphatic rings. The Labute approximate surface area is 84.9 Å². The average molecular weight is 195 g/mol. The second kappa shape index (κ2) is 4.97. The molecule has 0 bridgehead atoms. The van der Waals surface area contributed by atoms with E-state index in [9.17, 15) is 4.79 Å². The summed E-state index contributed by atoms with van der Waals surface area (Å²) in [5.41, 5.74) is 0.